The van der Waals surface area contributed by atoms with Gasteiger partial charge in [0, 0.05) is 93.7 Å². The third kappa shape index (κ3) is 5.21. The minimum absolute atomic E-state index is 0.654. The van der Waals surface area contributed by atoms with Crippen molar-refractivity contribution >= 4 is 138 Å². The third-order valence-corrected chi connectivity index (χ3v) is 17.1. The maximum absolute atomic E-state index is 5.58. The Bertz CT molecular complexity index is 4320. The van der Waals surface area contributed by atoms with Crippen molar-refractivity contribution in [3.8, 4) is 39.9 Å². The molecule has 4 nitrogen and oxygen atoms in total. The summed E-state index contributed by atoms with van der Waals surface area (Å²) in [5.74, 6) is 1.99. The molecule has 0 bridgehead atoms. The minimum atomic E-state index is 0.654. The lowest BCUT2D eigenvalue weighted by molar-refractivity contribution is 1.08. The fraction of sp³-hybridized carbons (Fsp3) is 0. The Labute approximate surface area is 388 Å². The maximum Gasteiger partial charge on any atom is 0.165 e. The van der Waals surface area contributed by atoms with Gasteiger partial charge in [-0.05, 0) is 76.1 Å². The Kier molecular flexibility index (Phi) is 7.66. The predicted octanol–water partition coefficient (Wildman–Crippen LogP) is 17.4. The van der Waals surface area contributed by atoms with Gasteiger partial charge < -0.3 is 4.57 Å². The molecule has 5 aromatic heterocycles. The molecule has 0 spiro atoms. The maximum atomic E-state index is 5.58. The molecule has 0 fully saturated rings. The molecule has 0 radical (unpaired) electrons. The first-order valence-electron chi connectivity index (χ1n) is 22.1. The van der Waals surface area contributed by atoms with Crippen LogP contribution in [0.25, 0.3) is 144 Å². The number of hydrogen-bond acceptors (Lipinski definition) is 6. The summed E-state index contributed by atoms with van der Waals surface area (Å²) in [5.41, 5.74) is 6.38. The molecule has 0 aliphatic rings. The second kappa shape index (κ2) is 13.8. The summed E-state index contributed by atoms with van der Waals surface area (Å²) >= 11 is 5.41. The molecule has 10 aromatic carbocycles. The first-order valence-corrected chi connectivity index (χ1v) is 24.5. The highest BCUT2D eigenvalue weighted by atomic mass is 32.1. The topological polar surface area (TPSA) is 43.6 Å². The highest BCUT2D eigenvalue weighted by Gasteiger charge is 2.24. The second-order valence-electron chi connectivity index (χ2n) is 17.0. The van der Waals surface area contributed by atoms with Crippen LogP contribution in [0, 0.1) is 0 Å². The van der Waals surface area contributed by atoms with Gasteiger partial charge >= 0.3 is 0 Å². The minimum Gasteiger partial charge on any atom is -0.309 e. The van der Waals surface area contributed by atoms with Crippen LogP contribution in [-0.2, 0) is 0 Å². The zero-order chi connectivity index (χ0) is 43.0. The van der Waals surface area contributed by atoms with Crippen LogP contribution in [-0.4, -0.2) is 19.5 Å². The Morgan fingerprint density at radius 1 is 0.303 bits per heavy atom. The van der Waals surface area contributed by atoms with Gasteiger partial charge in [0.15, 0.2) is 17.5 Å². The van der Waals surface area contributed by atoms with E-state index in [0.717, 1.165) is 38.1 Å². The second-order valence-corrected chi connectivity index (χ2v) is 20.2. The fourth-order valence-corrected chi connectivity index (χ4v) is 14.1. The van der Waals surface area contributed by atoms with Crippen molar-refractivity contribution in [2.24, 2.45) is 0 Å². The van der Waals surface area contributed by atoms with E-state index in [0.29, 0.717) is 17.5 Å². The smallest absolute Gasteiger partial charge is 0.165 e. The number of fused-ring (bicyclic) bond motifs is 16. The molecule has 0 aliphatic heterocycles. The first kappa shape index (κ1) is 36.5. The first-order chi connectivity index (χ1) is 32.7. The number of aromatic nitrogens is 4. The molecular weight excluding hydrogens is 861 g/mol. The summed E-state index contributed by atoms with van der Waals surface area (Å²) in [6, 6.07) is 70.6. The Balaban J connectivity index is 1.07. The summed E-state index contributed by atoms with van der Waals surface area (Å²) in [7, 11) is 0. The molecule has 0 N–H and O–H groups in total. The van der Waals surface area contributed by atoms with E-state index in [1.54, 1.807) is 22.7 Å². The van der Waals surface area contributed by atoms with Crippen LogP contribution in [0.15, 0.2) is 194 Å². The highest BCUT2D eigenvalue weighted by molar-refractivity contribution is 7.27. The number of thiophene rings is 3. The van der Waals surface area contributed by atoms with Crippen molar-refractivity contribution in [1.29, 1.82) is 0 Å². The van der Waals surface area contributed by atoms with Crippen molar-refractivity contribution in [1.82, 2.24) is 19.5 Å². The van der Waals surface area contributed by atoms with Crippen molar-refractivity contribution < 1.29 is 0 Å². The van der Waals surface area contributed by atoms with Gasteiger partial charge in [-0.1, -0.05) is 140 Å². The lowest BCUT2D eigenvalue weighted by atomic mass is 10.00. The van der Waals surface area contributed by atoms with Crippen molar-refractivity contribution in [3.63, 3.8) is 0 Å². The predicted molar refractivity (Wildman–Crippen MR) is 284 cm³/mol. The Hall–Kier alpha value is -7.81. The molecule has 0 saturated carbocycles. The van der Waals surface area contributed by atoms with Crippen LogP contribution in [0.3, 0.4) is 0 Å². The molecular formula is C59H32N4S3. The van der Waals surface area contributed by atoms with Crippen LogP contribution in [0.5, 0.6) is 0 Å². The van der Waals surface area contributed by atoms with E-state index in [1.165, 1.54) is 88.1 Å². The molecule has 7 heteroatoms. The normalized spacial score (nSPS) is 12.2. The summed E-state index contributed by atoms with van der Waals surface area (Å²) in [5, 5.41) is 14.8. The van der Waals surface area contributed by atoms with Gasteiger partial charge in [-0.15, -0.1) is 34.0 Å². The van der Waals surface area contributed by atoms with Crippen LogP contribution >= 0.6 is 34.0 Å². The molecule has 15 rings (SSSR count). The summed E-state index contributed by atoms with van der Waals surface area (Å²) in [6.45, 7) is 0. The summed E-state index contributed by atoms with van der Waals surface area (Å²) in [6.07, 6.45) is 0. The Morgan fingerprint density at radius 2 is 0.697 bits per heavy atom. The number of hydrogen-bond donors (Lipinski definition) is 0. The average Bonchev–Trinajstić information content (AvgIpc) is 4.15. The molecule has 0 amide bonds. The zero-order valence-electron chi connectivity index (χ0n) is 35.0. The van der Waals surface area contributed by atoms with Crippen LogP contribution in [0.1, 0.15) is 0 Å². The van der Waals surface area contributed by atoms with Gasteiger partial charge in [0.1, 0.15) is 0 Å². The number of nitrogens with zero attached hydrogens (tertiary/aromatic N) is 4. The van der Waals surface area contributed by atoms with Crippen molar-refractivity contribution in [3.05, 3.63) is 194 Å². The summed E-state index contributed by atoms with van der Waals surface area (Å²) in [4.78, 5) is 16.6. The fourth-order valence-electron chi connectivity index (χ4n) is 10.5. The van der Waals surface area contributed by atoms with Gasteiger partial charge in [0.25, 0.3) is 0 Å². The van der Waals surface area contributed by atoms with Crippen molar-refractivity contribution in [2.75, 3.05) is 0 Å². The van der Waals surface area contributed by atoms with E-state index < -0.39 is 0 Å². The number of rotatable bonds is 4. The molecule has 66 heavy (non-hydrogen) atoms. The van der Waals surface area contributed by atoms with Gasteiger partial charge in [0.05, 0.1) is 11.0 Å². The van der Waals surface area contributed by atoms with E-state index in [1.807, 2.05) is 11.3 Å². The molecule has 306 valence electrons. The molecule has 0 atom stereocenters. The average molecular weight is 893 g/mol. The molecule has 5 heterocycles. The molecule has 15 aromatic rings. The monoisotopic (exact) mass is 892 g/mol. The molecule has 0 unspecified atom stereocenters. The lowest BCUT2D eigenvalue weighted by Gasteiger charge is -2.14. The van der Waals surface area contributed by atoms with Gasteiger partial charge in [-0.25, -0.2) is 15.0 Å². The third-order valence-electron chi connectivity index (χ3n) is 13.4. The highest BCUT2D eigenvalue weighted by Crippen LogP contribution is 2.47. The van der Waals surface area contributed by atoms with Gasteiger partial charge in [0.2, 0.25) is 0 Å². The summed E-state index contributed by atoms with van der Waals surface area (Å²) < 4.78 is 9.69. The van der Waals surface area contributed by atoms with E-state index in [4.69, 9.17) is 15.0 Å². The van der Waals surface area contributed by atoms with Gasteiger partial charge in [-0.2, -0.15) is 0 Å². The standard InChI is InChI=1S/C59H32N4S3/c1-3-15-36-33(13-1)27-29-47-52(36)53-37-16-4-2-14-34(37)28-30-48(53)63(47)35-31-45-40-19-7-10-26-51(40)66-56(45)46(32-35)59-61-57(43-22-11-20-41-38-17-5-8-24-49(38)64-54(41)43)60-58(62-59)44-23-12-21-42-39-18-6-9-25-50(39)65-55(42)44/h1-32H. The van der Waals surface area contributed by atoms with Gasteiger partial charge in [-0.3, -0.25) is 0 Å². The van der Waals surface area contributed by atoms with Crippen LogP contribution < -0.4 is 0 Å². The Morgan fingerprint density at radius 3 is 1.20 bits per heavy atom. The van der Waals surface area contributed by atoms with E-state index in [-0.39, 0.29) is 0 Å². The van der Waals surface area contributed by atoms with E-state index >= 15 is 0 Å². The van der Waals surface area contributed by atoms with Crippen molar-refractivity contribution in [2.45, 2.75) is 0 Å². The van der Waals surface area contributed by atoms with Crippen LogP contribution in [0.2, 0.25) is 0 Å². The molecule has 0 aliphatic carbocycles. The van der Waals surface area contributed by atoms with Crippen LogP contribution in [0.4, 0.5) is 0 Å². The zero-order valence-corrected chi connectivity index (χ0v) is 37.4. The van der Waals surface area contributed by atoms with E-state index in [9.17, 15) is 0 Å². The lowest BCUT2D eigenvalue weighted by Crippen LogP contribution is -2.02. The number of benzene rings is 10. The van der Waals surface area contributed by atoms with E-state index in [2.05, 4.69) is 199 Å². The molecule has 0 saturated heterocycles. The SMILES string of the molecule is c1ccc2c(c1)ccc1c2c2c3ccccc3ccc2n1-c1cc(-c2nc(-c3cccc4c3sc3ccccc34)nc(-c3cccc4c3sc3ccccc34)n2)c2sc3ccccc3c2c1. The largest absolute Gasteiger partial charge is 0.309 e. The quantitative estimate of drug-likeness (QED) is 0.177.